The summed E-state index contributed by atoms with van der Waals surface area (Å²) < 4.78 is 2.54. The summed E-state index contributed by atoms with van der Waals surface area (Å²) >= 11 is 1.86. The van der Waals surface area contributed by atoms with E-state index in [1.54, 1.807) is 0 Å². The van der Waals surface area contributed by atoms with Gasteiger partial charge in [-0.3, -0.25) is 0 Å². The Hall–Kier alpha value is -6.94. The van der Waals surface area contributed by atoms with Crippen LogP contribution in [0.1, 0.15) is 0 Å². The molecule has 10 rings (SSSR count). The van der Waals surface area contributed by atoms with E-state index in [2.05, 4.69) is 228 Å². The second kappa shape index (κ2) is 14.1. The first-order chi connectivity index (χ1) is 27.3. The highest BCUT2D eigenvalue weighted by molar-refractivity contribution is 7.26. The third kappa shape index (κ3) is 6.11. The number of hydrogen-bond acceptors (Lipinski definition) is 3. The first-order valence-corrected chi connectivity index (χ1v) is 19.5. The van der Waals surface area contributed by atoms with Gasteiger partial charge in [-0.05, 0) is 99.8 Å². The number of hydrogen-bond donors (Lipinski definition) is 0. The van der Waals surface area contributed by atoms with Gasteiger partial charge in [-0.2, -0.15) is 0 Å². The van der Waals surface area contributed by atoms with Crippen LogP contribution in [0.25, 0.3) is 53.2 Å². The van der Waals surface area contributed by atoms with Crippen molar-refractivity contribution in [3.8, 4) is 22.3 Å². The summed E-state index contributed by atoms with van der Waals surface area (Å²) in [6, 6.07) is 78.8. The molecule has 0 fully saturated rings. The number of benzene rings is 9. The monoisotopic (exact) mass is 720 g/mol. The van der Waals surface area contributed by atoms with Crippen LogP contribution in [-0.2, 0) is 0 Å². The van der Waals surface area contributed by atoms with Crippen molar-refractivity contribution in [3.63, 3.8) is 0 Å². The maximum absolute atomic E-state index is 2.43. The van der Waals surface area contributed by atoms with Crippen molar-refractivity contribution in [2.45, 2.75) is 0 Å². The van der Waals surface area contributed by atoms with Crippen molar-refractivity contribution in [1.29, 1.82) is 0 Å². The summed E-state index contributed by atoms with van der Waals surface area (Å²) in [7, 11) is 0. The van der Waals surface area contributed by atoms with Gasteiger partial charge in [0.2, 0.25) is 0 Å². The Morgan fingerprint density at radius 1 is 0.291 bits per heavy atom. The molecule has 10 aromatic rings. The van der Waals surface area contributed by atoms with Gasteiger partial charge in [0.15, 0.2) is 0 Å². The first-order valence-electron chi connectivity index (χ1n) is 18.7. The van der Waals surface area contributed by atoms with E-state index in [0.717, 1.165) is 34.1 Å². The van der Waals surface area contributed by atoms with E-state index >= 15 is 0 Å². The molecule has 0 unspecified atom stereocenters. The Morgan fingerprint density at radius 3 is 1.24 bits per heavy atom. The average molecular weight is 721 g/mol. The van der Waals surface area contributed by atoms with Crippen molar-refractivity contribution in [2.24, 2.45) is 0 Å². The highest BCUT2D eigenvalue weighted by atomic mass is 32.1. The van der Waals surface area contributed by atoms with Gasteiger partial charge in [0.25, 0.3) is 0 Å². The summed E-state index contributed by atoms with van der Waals surface area (Å²) in [5.41, 5.74) is 11.3. The molecule has 0 atom stereocenters. The van der Waals surface area contributed by atoms with Gasteiger partial charge in [-0.25, -0.2) is 0 Å². The van der Waals surface area contributed by atoms with Crippen LogP contribution in [0.4, 0.5) is 34.1 Å². The first kappa shape index (κ1) is 32.7. The molecule has 0 amide bonds. The zero-order chi connectivity index (χ0) is 36.6. The molecule has 9 aromatic carbocycles. The predicted octanol–water partition coefficient (Wildman–Crippen LogP) is 15.5. The van der Waals surface area contributed by atoms with Gasteiger partial charge in [-0.1, -0.05) is 152 Å². The van der Waals surface area contributed by atoms with E-state index < -0.39 is 0 Å². The van der Waals surface area contributed by atoms with Crippen LogP contribution in [0.3, 0.4) is 0 Å². The summed E-state index contributed by atoms with van der Waals surface area (Å²) in [5, 5.41) is 5.09. The van der Waals surface area contributed by atoms with Gasteiger partial charge in [0.1, 0.15) is 0 Å². The Kier molecular flexibility index (Phi) is 8.40. The molecule has 1 heterocycles. The molecule has 0 aliphatic rings. The lowest BCUT2D eigenvalue weighted by molar-refractivity contribution is 1.23. The van der Waals surface area contributed by atoms with Crippen molar-refractivity contribution in [3.05, 3.63) is 218 Å². The Balaban J connectivity index is 1.25. The molecule has 55 heavy (non-hydrogen) atoms. The fraction of sp³-hybridized carbons (Fsp3) is 0. The van der Waals surface area contributed by atoms with E-state index in [1.165, 1.54) is 53.2 Å². The second-order valence-corrected chi connectivity index (χ2v) is 14.9. The van der Waals surface area contributed by atoms with Crippen LogP contribution in [0.2, 0.25) is 0 Å². The standard InChI is InChI=1S/C52H36N2S/c1-5-15-37(16-6-1)39-25-30-44(31-26-39)53(42-20-9-3-10-21-42)48-35-47-51(55-50-34-29-41-19-13-14-24-46(41)52(47)50)36-49(48)54(43-22-11-4-12-23-43)45-32-27-40(28-33-45)38-17-7-2-8-18-38/h1-36H. The molecule has 0 aliphatic carbocycles. The van der Waals surface area contributed by atoms with Crippen molar-refractivity contribution in [2.75, 3.05) is 9.80 Å². The van der Waals surface area contributed by atoms with E-state index in [4.69, 9.17) is 0 Å². The van der Waals surface area contributed by atoms with Crippen molar-refractivity contribution >= 4 is 76.4 Å². The molecule has 2 nitrogen and oxygen atoms in total. The van der Waals surface area contributed by atoms with Crippen LogP contribution in [-0.4, -0.2) is 0 Å². The van der Waals surface area contributed by atoms with E-state index in [0.29, 0.717) is 0 Å². The van der Waals surface area contributed by atoms with Crippen molar-refractivity contribution in [1.82, 2.24) is 0 Å². The quantitative estimate of drug-likeness (QED) is 0.154. The van der Waals surface area contributed by atoms with Crippen LogP contribution < -0.4 is 9.80 Å². The van der Waals surface area contributed by atoms with Crippen LogP contribution >= 0.6 is 11.3 Å². The zero-order valence-corrected chi connectivity index (χ0v) is 30.9. The lowest BCUT2D eigenvalue weighted by atomic mass is 10.0. The lowest BCUT2D eigenvalue weighted by Crippen LogP contribution is -2.17. The Labute approximate surface area is 325 Å². The number of fused-ring (bicyclic) bond motifs is 5. The summed E-state index contributed by atoms with van der Waals surface area (Å²) in [6.07, 6.45) is 0. The van der Waals surface area contributed by atoms with Gasteiger partial charge in [-0.15, -0.1) is 11.3 Å². The molecular weight excluding hydrogens is 685 g/mol. The number of para-hydroxylation sites is 2. The minimum Gasteiger partial charge on any atom is -0.308 e. The molecular formula is C52H36N2S. The number of thiophene rings is 1. The Morgan fingerprint density at radius 2 is 0.709 bits per heavy atom. The van der Waals surface area contributed by atoms with Crippen LogP contribution in [0, 0.1) is 0 Å². The van der Waals surface area contributed by atoms with Gasteiger partial charge in [0, 0.05) is 42.9 Å². The molecule has 3 heteroatoms. The maximum atomic E-state index is 2.43. The normalized spacial score (nSPS) is 11.3. The lowest BCUT2D eigenvalue weighted by Gasteiger charge is -2.33. The highest BCUT2D eigenvalue weighted by Crippen LogP contribution is 2.50. The fourth-order valence-corrected chi connectivity index (χ4v) is 8.94. The summed E-state index contributed by atoms with van der Waals surface area (Å²) in [6.45, 7) is 0. The highest BCUT2D eigenvalue weighted by Gasteiger charge is 2.25. The van der Waals surface area contributed by atoms with Gasteiger partial charge in [0.05, 0.1) is 11.4 Å². The fourth-order valence-electron chi connectivity index (χ4n) is 7.80. The molecule has 0 radical (unpaired) electrons. The minimum atomic E-state index is 1.09. The summed E-state index contributed by atoms with van der Waals surface area (Å²) in [5.74, 6) is 0. The molecule has 1 aromatic heterocycles. The largest absolute Gasteiger partial charge is 0.308 e. The average Bonchev–Trinajstić information content (AvgIpc) is 3.64. The smallest absolute Gasteiger partial charge is 0.0716 e. The number of nitrogens with zero attached hydrogens (tertiary/aromatic N) is 2. The maximum Gasteiger partial charge on any atom is 0.0716 e. The molecule has 0 aliphatic heterocycles. The van der Waals surface area contributed by atoms with E-state index in [1.807, 2.05) is 11.3 Å². The predicted molar refractivity (Wildman–Crippen MR) is 237 cm³/mol. The molecule has 0 spiro atoms. The molecule has 0 bridgehead atoms. The topological polar surface area (TPSA) is 6.48 Å². The minimum absolute atomic E-state index is 1.09. The van der Waals surface area contributed by atoms with Gasteiger partial charge < -0.3 is 9.80 Å². The van der Waals surface area contributed by atoms with Crippen LogP contribution in [0.5, 0.6) is 0 Å². The van der Waals surface area contributed by atoms with E-state index in [-0.39, 0.29) is 0 Å². The van der Waals surface area contributed by atoms with E-state index in [9.17, 15) is 0 Å². The molecule has 0 saturated heterocycles. The molecule has 0 saturated carbocycles. The summed E-state index contributed by atoms with van der Waals surface area (Å²) in [4.78, 5) is 4.84. The van der Waals surface area contributed by atoms with Crippen LogP contribution in [0.15, 0.2) is 218 Å². The van der Waals surface area contributed by atoms with Gasteiger partial charge >= 0.3 is 0 Å². The second-order valence-electron chi connectivity index (χ2n) is 13.8. The Bertz CT molecular complexity index is 2890. The molecule has 260 valence electrons. The third-order valence-electron chi connectivity index (χ3n) is 10.4. The SMILES string of the molecule is c1ccc(-c2ccc(N(c3ccccc3)c3cc4sc5ccc6ccccc6c5c4cc3N(c3ccccc3)c3ccc(-c4ccccc4)cc3)cc2)cc1. The zero-order valence-electron chi connectivity index (χ0n) is 30.1. The van der Waals surface area contributed by atoms with Crippen molar-refractivity contribution < 1.29 is 0 Å². The number of rotatable bonds is 8. The molecule has 0 N–H and O–H groups in total. The number of anilines is 6. The third-order valence-corrected chi connectivity index (χ3v) is 11.6.